The van der Waals surface area contributed by atoms with E-state index in [1.165, 1.54) is 12.1 Å². The van der Waals surface area contributed by atoms with Crippen LogP contribution in [-0.4, -0.2) is 28.6 Å². The summed E-state index contributed by atoms with van der Waals surface area (Å²) in [4.78, 5) is 13.3. The first-order valence-electron chi connectivity index (χ1n) is 7.66. The number of benzene rings is 2. The Morgan fingerprint density at radius 1 is 1.21 bits per heavy atom. The molecule has 6 heteroatoms. The van der Waals surface area contributed by atoms with Crippen LogP contribution in [0.5, 0.6) is 0 Å². The number of halogens is 3. The van der Waals surface area contributed by atoms with Crippen LogP contribution in [-0.2, 0) is 4.79 Å². The Balaban J connectivity index is 2.10. The first kappa shape index (κ1) is 16.9. The fourth-order valence-corrected chi connectivity index (χ4v) is 3.41. The minimum atomic E-state index is -0.936. The van der Waals surface area contributed by atoms with Gasteiger partial charge < -0.3 is 5.11 Å². The molecule has 0 spiro atoms. The fourth-order valence-electron chi connectivity index (χ4n) is 3.28. The molecule has 1 N–H and O–H groups in total. The summed E-state index contributed by atoms with van der Waals surface area (Å²) >= 11 is 5.92. The number of carbonyl (C=O) groups is 1. The maximum absolute atomic E-state index is 14.4. The van der Waals surface area contributed by atoms with Gasteiger partial charge in [-0.1, -0.05) is 29.8 Å². The fraction of sp³-hybridized carbons (Fsp3) is 0.278. The molecule has 1 fully saturated rings. The summed E-state index contributed by atoms with van der Waals surface area (Å²) in [5.41, 5.74) is 0.977. The number of hydrogen-bond donors (Lipinski definition) is 1. The van der Waals surface area contributed by atoms with Gasteiger partial charge in [0, 0.05) is 23.2 Å². The van der Waals surface area contributed by atoms with Crippen molar-refractivity contribution in [2.45, 2.75) is 24.9 Å². The van der Waals surface area contributed by atoms with Crippen LogP contribution in [0.1, 0.15) is 30.0 Å². The molecule has 0 aromatic heterocycles. The largest absolute Gasteiger partial charge is 0.480 e. The highest BCUT2D eigenvalue weighted by molar-refractivity contribution is 6.30. The van der Waals surface area contributed by atoms with Crippen molar-refractivity contribution in [1.82, 2.24) is 4.90 Å². The van der Waals surface area contributed by atoms with Gasteiger partial charge in [0.15, 0.2) is 0 Å². The number of nitrogens with zero attached hydrogens (tertiary/aromatic N) is 1. The van der Waals surface area contributed by atoms with Gasteiger partial charge in [-0.05, 0) is 36.6 Å². The van der Waals surface area contributed by atoms with Crippen LogP contribution in [0.15, 0.2) is 42.5 Å². The van der Waals surface area contributed by atoms with Crippen LogP contribution in [0, 0.1) is 11.6 Å². The van der Waals surface area contributed by atoms with E-state index in [2.05, 4.69) is 0 Å². The molecule has 0 amide bonds. The molecule has 2 atom stereocenters. The zero-order valence-electron chi connectivity index (χ0n) is 12.8. The quantitative estimate of drug-likeness (QED) is 0.895. The third kappa shape index (κ3) is 3.28. The van der Waals surface area contributed by atoms with E-state index in [0.29, 0.717) is 24.4 Å². The molecule has 2 aromatic rings. The van der Waals surface area contributed by atoms with Crippen molar-refractivity contribution in [3.63, 3.8) is 0 Å². The molecule has 1 aliphatic rings. The van der Waals surface area contributed by atoms with E-state index >= 15 is 0 Å². The molecule has 1 heterocycles. The molecular weight excluding hydrogens is 336 g/mol. The van der Waals surface area contributed by atoms with Gasteiger partial charge in [-0.2, -0.15) is 0 Å². The number of carboxylic acids is 1. The number of carboxylic acid groups (broad SMARTS) is 1. The van der Waals surface area contributed by atoms with Crippen molar-refractivity contribution in [1.29, 1.82) is 0 Å². The van der Waals surface area contributed by atoms with Crippen molar-refractivity contribution in [3.8, 4) is 0 Å². The highest BCUT2D eigenvalue weighted by Gasteiger charge is 2.37. The van der Waals surface area contributed by atoms with Gasteiger partial charge in [0.25, 0.3) is 0 Å². The topological polar surface area (TPSA) is 40.5 Å². The smallest absolute Gasteiger partial charge is 0.320 e. The summed E-state index contributed by atoms with van der Waals surface area (Å²) < 4.78 is 27.7. The van der Waals surface area contributed by atoms with E-state index in [1.54, 1.807) is 29.2 Å². The van der Waals surface area contributed by atoms with Crippen LogP contribution in [0.2, 0.25) is 5.02 Å². The summed E-state index contributed by atoms with van der Waals surface area (Å²) in [5.74, 6) is -2.29. The van der Waals surface area contributed by atoms with Gasteiger partial charge in [-0.25, -0.2) is 8.78 Å². The van der Waals surface area contributed by atoms with Crippen molar-refractivity contribution in [2.24, 2.45) is 0 Å². The highest BCUT2D eigenvalue weighted by Crippen LogP contribution is 2.36. The average Bonchev–Trinajstić information content (AvgIpc) is 3.01. The molecule has 0 radical (unpaired) electrons. The van der Waals surface area contributed by atoms with Gasteiger partial charge >= 0.3 is 5.97 Å². The van der Waals surface area contributed by atoms with E-state index < -0.39 is 29.7 Å². The van der Waals surface area contributed by atoms with E-state index in [-0.39, 0.29) is 5.56 Å². The second-order valence-electron chi connectivity index (χ2n) is 5.85. The second-order valence-corrected chi connectivity index (χ2v) is 6.29. The van der Waals surface area contributed by atoms with Crippen LogP contribution in [0.3, 0.4) is 0 Å². The summed E-state index contributed by atoms with van der Waals surface area (Å²) in [7, 11) is 0. The molecule has 3 rings (SSSR count). The summed E-state index contributed by atoms with van der Waals surface area (Å²) in [5, 5.41) is 10.0. The molecule has 2 unspecified atom stereocenters. The predicted octanol–water partition coefficient (Wildman–Crippen LogP) is 4.26. The van der Waals surface area contributed by atoms with Crippen molar-refractivity contribution in [3.05, 3.63) is 70.2 Å². The Morgan fingerprint density at radius 2 is 1.92 bits per heavy atom. The minimum Gasteiger partial charge on any atom is -0.480 e. The van der Waals surface area contributed by atoms with E-state index in [0.717, 1.165) is 11.6 Å². The summed E-state index contributed by atoms with van der Waals surface area (Å²) in [6.07, 6.45) is 1.21. The Hall–Kier alpha value is -1.98. The number of rotatable bonds is 4. The normalized spacial score (nSPS) is 19.4. The van der Waals surface area contributed by atoms with Crippen LogP contribution in [0.25, 0.3) is 0 Å². The standard InChI is InChI=1S/C18H16ClF2NO2/c19-12-5-3-11(4-6-12)17(14-8-7-13(20)10-15(14)21)22-9-1-2-16(22)18(23)24/h3-8,10,16-17H,1-2,9H2,(H,23,24). The lowest BCUT2D eigenvalue weighted by Crippen LogP contribution is -2.39. The van der Waals surface area contributed by atoms with Crippen molar-refractivity contribution >= 4 is 17.6 Å². The Kier molecular flexibility index (Phi) is 4.83. The summed E-state index contributed by atoms with van der Waals surface area (Å²) in [6.45, 7) is 0.529. The Bertz CT molecular complexity index is 751. The molecule has 126 valence electrons. The zero-order chi connectivity index (χ0) is 17.3. The lowest BCUT2D eigenvalue weighted by Gasteiger charge is -2.32. The number of aliphatic carboxylic acids is 1. The summed E-state index contributed by atoms with van der Waals surface area (Å²) in [6, 6.07) is 8.92. The molecule has 24 heavy (non-hydrogen) atoms. The van der Waals surface area contributed by atoms with Crippen LogP contribution in [0.4, 0.5) is 8.78 Å². The predicted molar refractivity (Wildman–Crippen MR) is 87.0 cm³/mol. The van der Waals surface area contributed by atoms with Gasteiger partial charge in [-0.3, -0.25) is 9.69 Å². The maximum Gasteiger partial charge on any atom is 0.320 e. The third-order valence-corrected chi connectivity index (χ3v) is 4.61. The lowest BCUT2D eigenvalue weighted by atomic mass is 9.95. The van der Waals surface area contributed by atoms with Gasteiger partial charge in [0.2, 0.25) is 0 Å². The number of hydrogen-bond acceptors (Lipinski definition) is 2. The third-order valence-electron chi connectivity index (χ3n) is 4.35. The minimum absolute atomic E-state index is 0.256. The van der Waals surface area contributed by atoms with E-state index in [1.807, 2.05) is 0 Å². The van der Waals surface area contributed by atoms with Gasteiger partial charge in [0.05, 0.1) is 6.04 Å². The van der Waals surface area contributed by atoms with E-state index in [9.17, 15) is 18.7 Å². The molecule has 0 saturated carbocycles. The first-order valence-corrected chi connectivity index (χ1v) is 8.04. The second kappa shape index (κ2) is 6.87. The monoisotopic (exact) mass is 351 g/mol. The zero-order valence-corrected chi connectivity index (χ0v) is 13.5. The molecule has 3 nitrogen and oxygen atoms in total. The Labute approximate surface area is 143 Å². The van der Waals surface area contributed by atoms with Crippen LogP contribution < -0.4 is 0 Å². The number of likely N-dealkylation sites (tertiary alicyclic amines) is 1. The molecule has 0 aliphatic carbocycles. The average molecular weight is 352 g/mol. The molecule has 0 bridgehead atoms. The molecule has 1 aliphatic heterocycles. The first-order chi connectivity index (χ1) is 11.5. The molecule has 1 saturated heterocycles. The van der Waals surface area contributed by atoms with E-state index in [4.69, 9.17) is 11.6 Å². The molecular formula is C18H16ClF2NO2. The Morgan fingerprint density at radius 3 is 2.54 bits per heavy atom. The highest BCUT2D eigenvalue weighted by atomic mass is 35.5. The SMILES string of the molecule is O=C(O)C1CCCN1C(c1ccc(Cl)cc1)c1ccc(F)cc1F. The van der Waals surface area contributed by atoms with Gasteiger partial charge in [-0.15, -0.1) is 0 Å². The molecule has 2 aromatic carbocycles. The van der Waals surface area contributed by atoms with Crippen molar-refractivity contribution < 1.29 is 18.7 Å². The maximum atomic E-state index is 14.4. The lowest BCUT2D eigenvalue weighted by molar-refractivity contribution is -0.142. The van der Waals surface area contributed by atoms with Gasteiger partial charge in [0.1, 0.15) is 17.7 Å². The van der Waals surface area contributed by atoms with Crippen LogP contribution >= 0.6 is 11.6 Å². The van der Waals surface area contributed by atoms with Crippen molar-refractivity contribution in [2.75, 3.05) is 6.54 Å².